The van der Waals surface area contributed by atoms with E-state index < -0.39 is 18.0 Å². The molecule has 0 aliphatic carbocycles. The Balaban J connectivity index is 3.69. The van der Waals surface area contributed by atoms with Crippen molar-refractivity contribution in [2.45, 2.75) is 12.5 Å². The first-order valence-corrected chi connectivity index (χ1v) is 5.39. The van der Waals surface area contributed by atoms with Crippen LogP contribution in [0.1, 0.15) is 6.42 Å². The van der Waals surface area contributed by atoms with Crippen molar-refractivity contribution in [1.29, 1.82) is 0 Å². The number of carbonyl (C=O) groups is 2. The maximum absolute atomic E-state index is 11.3. The zero-order valence-electron chi connectivity index (χ0n) is 10.3. The third-order valence-corrected chi connectivity index (χ3v) is 1.89. The van der Waals surface area contributed by atoms with E-state index in [1.807, 2.05) is 0 Å². The van der Waals surface area contributed by atoms with Gasteiger partial charge < -0.3 is 25.2 Å². The van der Waals surface area contributed by atoms with Gasteiger partial charge in [-0.3, -0.25) is 0 Å². The van der Waals surface area contributed by atoms with Gasteiger partial charge in [-0.25, -0.2) is 9.59 Å². The molecule has 0 bridgehead atoms. The van der Waals surface area contributed by atoms with Gasteiger partial charge in [0.05, 0.1) is 19.8 Å². The van der Waals surface area contributed by atoms with E-state index in [0.717, 1.165) is 0 Å². The summed E-state index contributed by atoms with van der Waals surface area (Å²) in [4.78, 5) is 22.0. The second kappa shape index (κ2) is 10.4. The number of carboxylic acid groups (broad SMARTS) is 1. The van der Waals surface area contributed by atoms with E-state index in [2.05, 4.69) is 16.6 Å². The van der Waals surface area contributed by atoms with Crippen molar-refractivity contribution in [2.75, 3.05) is 33.5 Å². The molecule has 1 atom stereocenters. The van der Waals surface area contributed by atoms with E-state index in [-0.39, 0.29) is 13.0 Å². The van der Waals surface area contributed by atoms with Crippen LogP contribution in [-0.2, 0) is 14.3 Å². The Morgan fingerprint density at radius 2 is 2.11 bits per heavy atom. The summed E-state index contributed by atoms with van der Waals surface area (Å²) in [5, 5.41) is 13.4. The third kappa shape index (κ3) is 8.38. The van der Waals surface area contributed by atoms with Crippen LogP contribution in [0.5, 0.6) is 0 Å². The molecule has 0 aliphatic heterocycles. The van der Waals surface area contributed by atoms with Crippen LogP contribution in [0.15, 0.2) is 0 Å². The molecule has 102 valence electrons. The van der Waals surface area contributed by atoms with Crippen LogP contribution < -0.4 is 10.6 Å². The van der Waals surface area contributed by atoms with Crippen LogP contribution in [0.4, 0.5) is 4.79 Å². The molecule has 0 rings (SSSR count). The predicted molar refractivity (Wildman–Crippen MR) is 64.1 cm³/mol. The highest BCUT2D eigenvalue weighted by Gasteiger charge is 2.18. The minimum Gasteiger partial charge on any atom is -0.480 e. The second-order valence-electron chi connectivity index (χ2n) is 3.30. The van der Waals surface area contributed by atoms with E-state index in [0.29, 0.717) is 19.8 Å². The summed E-state index contributed by atoms with van der Waals surface area (Å²) < 4.78 is 9.87. The van der Waals surface area contributed by atoms with Gasteiger partial charge in [0.25, 0.3) is 0 Å². The molecule has 0 heterocycles. The smallest absolute Gasteiger partial charge is 0.327 e. The molecule has 0 aromatic heterocycles. The van der Waals surface area contributed by atoms with Crippen LogP contribution in [0, 0.1) is 12.3 Å². The summed E-state index contributed by atoms with van der Waals surface area (Å²) in [5.74, 6) is 1.02. The van der Waals surface area contributed by atoms with Crippen molar-refractivity contribution in [1.82, 2.24) is 10.6 Å². The number of hydrogen-bond acceptors (Lipinski definition) is 4. The summed E-state index contributed by atoms with van der Waals surface area (Å²) in [6.07, 6.45) is 4.93. The number of hydrogen-bond donors (Lipinski definition) is 3. The van der Waals surface area contributed by atoms with E-state index in [1.54, 1.807) is 7.11 Å². The summed E-state index contributed by atoms with van der Waals surface area (Å²) in [6.45, 7) is 1.52. The molecule has 0 aromatic rings. The molecule has 0 aromatic carbocycles. The van der Waals surface area contributed by atoms with Gasteiger partial charge in [-0.05, 0) is 0 Å². The second-order valence-corrected chi connectivity index (χ2v) is 3.30. The van der Waals surface area contributed by atoms with Crippen molar-refractivity contribution in [3.8, 4) is 12.3 Å². The van der Waals surface area contributed by atoms with Crippen LogP contribution in [0.2, 0.25) is 0 Å². The number of ether oxygens (including phenoxy) is 2. The van der Waals surface area contributed by atoms with Gasteiger partial charge in [-0.15, -0.1) is 12.3 Å². The largest absolute Gasteiger partial charge is 0.480 e. The first-order chi connectivity index (χ1) is 8.61. The molecule has 0 spiro atoms. The molecular weight excluding hydrogens is 240 g/mol. The summed E-state index contributed by atoms with van der Waals surface area (Å²) >= 11 is 0. The average molecular weight is 258 g/mol. The van der Waals surface area contributed by atoms with Gasteiger partial charge in [-0.2, -0.15) is 0 Å². The third-order valence-electron chi connectivity index (χ3n) is 1.89. The lowest BCUT2D eigenvalue weighted by Crippen LogP contribution is -2.46. The SMILES string of the molecule is C#CCC(NC(=O)NCCOCCOC)C(=O)O. The van der Waals surface area contributed by atoms with Crippen molar-refractivity contribution in [2.24, 2.45) is 0 Å². The standard InChI is InChI=1S/C11H18N2O5/c1-3-4-9(10(14)15)13-11(16)12-5-6-18-8-7-17-2/h1,9H,4-8H2,2H3,(H,14,15)(H2,12,13,16). The molecule has 0 saturated carbocycles. The van der Waals surface area contributed by atoms with Crippen LogP contribution in [0.3, 0.4) is 0 Å². The number of aliphatic carboxylic acids is 1. The summed E-state index contributed by atoms with van der Waals surface area (Å²) in [5.41, 5.74) is 0. The van der Waals surface area contributed by atoms with Gasteiger partial charge in [0.2, 0.25) is 0 Å². The number of carboxylic acids is 1. The summed E-state index contributed by atoms with van der Waals surface area (Å²) in [6, 6.07) is -1.67. The number of urea groups is 1. The fourth-order valence-corrected chi connectivity index (χ4v) is 1.01. The Hall–Kier alpha value is -1.78. The summed E-state index contributed by atoms with van der Waals surface area (Å²) in [7, 11) is 1.56. The fourth-order valence-electron chi connectivity index (χ4n) is 1.01. The highest BCUT2D eigenvalue weighted by Crippen LogP contribution is 1.90. The molecule has 2 amide bonds. The minimum absolute atomic E-state index is 0.0624. The van der Waals surface area contributed by atoms with Crippen LogP contribution >= 0.6 is 0 Å². The van der Waals surface area contributed by atoms with E-state index in [4.69, 9.17) is 21.0 Å². The molecule has 0 fully saturated rings. The monoisotopic (exact) mass is 258 g/mol. The van der Waals surface area contributed by atoms with Crippen LogP contribution in [0.25, 0.3) is 0 Å². The normalized spacial score (nSPS) is 11.3. The molecule has 0 radical (unpaired) electrons. The first kappa shape index (κ1) is 16.2. The van der Waals surface area contributed by atoms with Gasteiger partial charge in [-0.1, -0.05) is 0 Å². The number of amides is 2. The van der Waals surface area contributed by atoms with Gasteiger partial charge in [0, 0.05) is 20.1 Å². The Morgan fingerprint density at radius 3 is 2.67 bits per heavy atom. The quantitative estimate of drug-likeness (QED) is 0.380. The van der Waals surface area contributed by atoms with Crippen molar-refractivity contribution in [3.63, 3.8) is 0 Å². The Kier molecular flexibility index (Phi) is 9.35. The molecule has 1 unspecified atom stereocenters. The molecular formula is C11H18N2O5. The number of nitrogens with one attached hydrogen (secondary N) is 2. The Bertz CT molecular complexity index is 300. The lowest BCUT2D eigenvalue weighted by atomic mass is 10.2. The lowest BCUT2D eigenvalue weighted by Gasteiger charge is -2.12. The number of carbonyl (C=O) groups excluding carboxylic acids is 1. The number of terminal acetylenes is 1. The fraction of sp³-hybridized carbons (Fsp3) is 0.636. The average Bonchev–Trinajstić information content (AvgIpc) is 2.33. The molecule has 0 aliphatic rings. The van der Waals surface area contributed by atoms with E-state index in [1.165, 1.54) is 0 Å². The molecule has 3 N–H and O–H groups in total. The molecule has 7 heteroatoms. The van der Waals surface area contributed by atoms with Crippen molar-refractivity contribution < 1.29 is 24.2 Å². The van der Waals surface area contributed by atoms with Gasteiger partial charge in [0.15, 0.2) is 0 Å². The van der Waals surface area contributed by atoms with Crippen LogP contribution in [-0.4, -0.2) is 56.6 Å². The molecule has 0 saturated heterocycles. The van der Waals surface area contributed by atoms with Gasteiger partial charge >= 0.3 is 12.0 Å². The van der Waals surface area contributed by atoms with E-state index in [9.17, 15) is 9.59 Å². The Labute approximate surface area is 106 Å². The number of rotatable bonds is 9. The predicted octanol–water partition coefficient (Wildman–Crippen LogP) is -0.575. The number of methoxy groups -OCH3 is 1. The van der Waals surface area contributed by atoms with Gasteiger partial charge in [0.1, 0.15) is 6.04 Å². The zero-order valence-corrected chi connectivity index (χ0v) is 10.3. The van der Waals surface area contributed by atoms with E-state index >= 15 is 0 Å². The molecule has 18 heavy (non-hydrogen) atoms. The van der Waals surface area contributed by atoms with Crippen molar-refractivity contribution in [3.05, 3.63) is 0 Å². The van der Waals surface area contributed by atoms with Crippen molar-refractivity contribution >= 4 is 12.0 Å². The maximum Gasteiger partial charge on any atom is 0.327 e. The maximum atomic E-state index is 11.3. The lowest BCUT2D eigenvalue weighted by molar-refractivity contribution is -0.139. The highest BCUT2D eigenvalue weighted by molar-refractivity contribution is 5.82. The Morgan fingerprint density at radius 1 is 1.39 bits per heavy atom. The minimum atomic E-state index is -1.17. The molecule has 7 nitrogen and oxygen atoms in total. The highest BCUT2D eigenvalue weighted by atomic mass is 16.5. The first-order valence-electron chi connectivity index (χ1n) is 5.39. The zero-order chi connectivity index (χ0) is 13.8. The topological polar surface area (TPSA) is 96.9 Å².